The smallest absolute Gasteiger partial charge is 0.324 e. The molecule has 2 amide bonds. The van der Waals surface area contributed by atoms with Gasteiger partial charge in [0.1, 0.15) is 11.8 Å². The molecule has 176 valence electrons. The van der Waals surface area contributed by atoms with Crippen LogP contribution in [-0.4, -0.2) is 45.5 Å². The molecule has 2 atom stereocenters. The van der Waals surface area contributed by atoms with Gasteiger partial charge in [-0.15, -0.1) is 0 Å². The van der Waals surface area contributed by atoms with Crippen molar-refractivity contribution >= 4 is 33.5 Å². The van der Waals surface area contributed by atoms with Crippen LogP contribution in [-0.2, 0) is 29.1 Å². The highest BCUT2D eigenvalue weighted by Gasteiger charge is 2.26. The molecule has 0 fully saturated rings. The average Bonchev–Trinajstić information content (AvgIpc) is 2.77. The standard InChI is InChI=1S/C22H25N3O7S/c1-14(25-33(29,30)17-9-7-16(8-10-17)23-15(2)26)22(28)32-13-21(27)24-19-11-12-31-20-6-4-3-5-18(19)20/h3-10,14,19,25H,11-13H2,1-2H3,(H,23,26)(H,24,27)/t14-,19-/m1/s1. The predicted octanol–water partition coefficient (Wildman–Crippen LogP) is 1.49. The summed E-state index contributed by atoms with van der Waals surface area (Å²) in [5.74, 6) is -0.992. The van der Waals surface area contributed by atoms with Gasteiger partial charge in [0.25, 0.3) is 5.91 Å². The molecular formula is C22H25N3O7S. The number of benzene rings is 2. The highest BCUT2D eigenvalue weighted by molar-refractivity contribution is 7.89. The van der Waals surface area contributed by atoms with Crippen LogP contribution in [0.25, 0.3) is 0 Å². The molecule has 0 aromatic heterocycles. The third kappa shape index (κ3) is 6.53. The van der Waals surface area contributed by atoms with E-state index in [1.807, 2.05) is 24.3 Å². The van der Waals surface area contributed by atoms with E-state index < -0.39 is 34.5 Å². The summed E-state index contributed by atoms with van der Waals surface area (Å²) in [5.41, 5.74) is 1.28. The van der Waals surface area contributed by atoms with Crippen LogP contribution < -0.4 is 20.1 Å². The van der Waals surface area contributed by atoms with E-state index in [-0.39, 0.29) is 16.8 Å². The van der Waals surface area contributed by atoms with Gasteiger partial charge in [-0.1, -0.05) is 18.2 Å². The van der Waals surface area contributed by atoms with Crippen molar-refractivity contribution in [3.63, 3.8) is 0 Å². The second kappa shape index (κ2) is 10.5. The van der Waals surface area contributed by atoms with Crippen molar-refractivity contribution in [2.45, 2.75) is 37.2 Å². The lowest BCUT2D eigenvalue weighted by molar-refractivity contribution is -0.150. The lowest BCUT2D eigenvalue weighted by Crippen LogP contribution is -2.41. The zero-order valence-corrected chi connectivity index (χ0v) is 19.0. The molecule has 33 heavy (non-hydrogen) atoms. The monoisotopic (exact) mass is 475 g/mol. The summed E-state index contributed by atoms with van der Waals surface area (Å²) >= 11 is 0. The summed E-state index contributed by atoms with van der Waals surface area (Å²) in [4.78, 5) is 35.5. The Labute approximate surface area is 191 Å². The zero-order chi connectivity index (χ0) is 24.0. The molecule has 0 saturated carbocycles. The highest BCUT2D eigenvalue weighted by Crippen LogP contribution is 2.31. The van der Waals surface area contributed by atoms with E-state index >= 15 is 0 Å². The van der Waals surface area contributed by atoms with Crippen LogP contribution in [0.4, 0.5) is 5.69 Å². The molecule has 1 heterocycles. The Morgan fingerprint density at radius 3 is 2.52 bits per heavy atom. The lowest BCUT2D eigenvalue weighted by Gasteiger charge is -2.26. The molecule has 0 unspecified atom stereocenters. The molecule has 0 radical (unpaired) electrons. The van der Waals surface area contributed by atoms with Gasteiger partial charge in [0.15, 0.2) is 6.61 Å². The van der Waals surface area contributed by atoms with Gasteiger partial charge in [-0.3, -0.25) is 14.4 Å². The summed E-state index contributed by atoms with van der Waals surface area (Å²) in [6.45, 7) is 2.56. The SMILES string of the molecule is CC(=O)Nc1ccc(S(=O)(=O)N[C@H](C)C(=O)OCC(=O)N[C@@H]2CCOc3ccccc32)cc1. The topological polar surface area (TPSA) is 140 Å². The van der Waals surface area contributed by atoms with Crippen LogP contribution in [0.1, 0.15) is 31.9 Å². The van der Waals surface area contributed by atoms with Gasteiger partial charge in [0.05, 0.1) is 17.5 Å². The number of hydrogen-bond donors (Lipinski definition) is 3. The van der Waals surface area contributed by atoms with Crippen molar-refractivity contribution < 1.29 is 32.3 Å². The molecule has 0 aliphatic carbocycles. The molecule has 2 aromatic carbocycles. The molecule has 1 aliphatic heterocycles. The van der Waals surface area contributed by atoms with Crippen LogP contribution in [0, 0.1) is 0 Å². The minimum absolute atomic E-state index is 0.0906. The normalized spacial score (nSPS) is 16.0. The number of carbonyl (C=O) groups excluding carboxylic acids is 3. The second-order valence-electron chi connectivity index (χ2n) is 7.45. The van der Waals surface area contributed by atoms with Crippen LogP contribution >= 0.6 is 0 Å². The number of amides is 2. The summed E-state index contributed by atoms with van der Waals surface area (Å²) in [6, 6.07) is 11.3. The summed E-state index contributed by atoms with van der Waals surface area (Å²) < 4.78 is 37.7. The molecular weight excluding hydrogens is 450 g/mol. The number of ether oxygens (including phenoxy) is 2. The first-order chi connectivity index (χ1) is 15.7. The Morgan fingerprint density at radius 2 is 1.82 bits per heavy atom. The maximum absolute atomic E-state index is 12.5. The van der Waals surface area contributed by atoms with E-state index in [0.29, 0.717) is 24.5 Å². The Hall–Kier alpha value is -3.44. The van der Waals surface area contributed by atoms with E-state index in [0.717, 1.165) is 5.56 Å². The Bertz CT molecular complexity index is 1130. The molecule has 10 nitrogen and oxygen atoms in total. The third-order valence-electron chi connectivity index (χ3n) is 4.81. The highest BCUT2D eigenvalue weighted by atomic mass is 32.2. The van der Waals surface area contributed by atoms with Gasteiger partial charge < -0.3 is 20.1 Å². The first kappa shape index (κ1) is 24.2. The van der Waals surface area contributed by atoms with Crippen LogP contribution in [0.15, 0.2) is 53.4 Å². The van der Waals surface area contributed by atoms with E-state index in [1.54, 1.807) is 0 Å². The first-order valence-corrected chi connectivity index (χ1v) is 11.7. The molecule has 1 aliphatic rings. The fourth-order valence-electron chi connectivity index (χ4n) is 3.26. The zero-order valence-electron chi connectivity index (χ0n) is 18.2. The van der Waals surface area contributed by atoms with Gasteiger partial charge in [0.2, 0.25) is 15.9 Å². The second-order valence-corrected chi connectivity index (χ2v) is 9.17. The molecule has 3 rings (SSSR count). The maximum atomic E-state index is 12.5. The summed E-state index contributed by atoms with van der Waals surface area (Å²) in [5, 5.41) is 5.33. The number of carbonyl (C=O) groups is 3. The molecule has 11 heteroatoms. The molecule has 2 aromatic rings. The lowest BCUT2D eigenvalue weighted by atomic mass is 10.0. The number of para-hydroxylation sites is 1. The fraction of sp³-hybridized carbons (Fsp3) is 0.318. The number of esters is 1. The van der Waals surface area contributed by atoms with E-state index in [4.69, 9.17) is 9.47 Å². The number of fused-ring (bicyclic) bond motifs is 1. The van der Waals surface area contributed by atoms with Crippen molar-refractivity contribution in [2.75, 3.05) is 18.5 Å². The van der Waals surface area contributed by atoms with Crippen LogP contribution in [0.5, 0.6) is 5.75 Å². The predicted molar refractivity (Wildman–Crippen MR) is 119 cm³/mol. The van der Waals surface area contributed by atoms with E-state index in [2.05, 4.69) is 15.4 Å². The van der Waals surface area contributed by atoms with Crippen molar-refractivity contribution in [2.24, 2.45) is 0 Å². The number of hydrogen-bond acceptors (Lipinski definition) is 7. The Morgan fingerprint density at radius 1 is 1.12 bits per heavy atom. The van der Waals surface area contributed by atoms with Crippen LogP contribution in [0.2, 0.25) is 0 Å². The molecule has 0 saturated heterocycles. The van der Waals surface area contributed by atoms with Crippen molar-refractivity contribution in [1.82, 2.24) is 10.0 Å². The summed E-state index contributed by atoms with van der Waals surface area (Å²) in [7, 11) is -4.02. The molecule has 0 spiro atoms. The number of sulfonamides is 1. The quantitative estimate of drug-likeness (QED) is 0.492. The minimum atomic E-state index is -4.02. The Balaban J connectivity index is 1.51. The number of anilines is 1. The van der Waals surface area contributed by atoms with E-state index in [1.165, 1.54) is 38.1 Å². The van der Waals surface area contributed by atoms with Gasteiger partial charge in [0, 0.05) is 24.6 Å². The van der Waals surface area contributed by atoms with Crippen molar-refractivity contribution in [3.05, 3.63) is 54.1 Å². The number of nitrogens with one attached hydrogen (secondary N) is 3. The largest absolute Gasteiger partial charge is 0.493 e. The summed E-state index contributed by atoms with van der Waals surface area (Å²) in [6.07, 6.45) is 0.577. The number of rotatable bonds is 8. The van der Waals surface area contributed by atoms with Gasteiger partial charge in [-0.2, -0.15) is 4.72 Å². The fourth-order valence-corrected chi connectivity index (χ4v) is 4.45. The van der Waals surface area contributed by atoms with E-state index in [9.17, 15) is 22.8 Å². The van der Waals surface area contributed by atoms with Gasteiger partial charge >= 0.3 is 5.97 Å². The minimum Gasteiger partial charge on any atom is -0.493 e. The van der Waals surface area contributed by atoms with Gasteiger partial charge in [-0.25, -0.2) is 8.42 Å². The van der Waals surface area contributed by atoms with Crippen molar-refractivity contribution in [3.8, 4) is 5.75 Å². The third-order valence-corrected chi connectivity index (χ3v) is 6.37. The Kier molecular flexibility index (Phi) is 7.67. The van der Waals surface area contributed by atoms with Crippen LogP contribution in [0.3, 0.4) is 0 Å². The molecule has 0 bridgehead atoms. The average molecular weight is 476 g/mol. The van der Waals surface area contributed by atoms with Gasteiger partial charge in [-0.05, 0) is 37.3 Å². The van der Waals surface area contributed by atoms with Crippen molar-refractivity contribution in [1.29, 1.82) is 0 Å². The molecule has 3 N–H and O–H groups in total. The maximum Gasteiger partial charge on any atom is 0.324 e. The first-order valence-electron chi connectivity index (χ1n) is 10.2.